The molecule has 2 heteroatoms. The van der Waals surface area contributed by atoms with Crippen LogP contribution < -0.4 is 5.32 Å². The second-order valence-corrected chi connectivity index (χ2v) is 4.72. The standard InChI is InChI=1S/C12H20N2/c1-3-4-10(2)13-12-6-8-14-7-5-11(12)9-14/h1,10-13H,4-9H2,2H3. The van der Waals surface area contributed by atoms with Crippen molar-refractivity contribution in [3.63, 3.8) is 0 Å². The van der Waals surface area contributed by atoms with E-state index in [1.165, 1.54) is 32.5 Å². The molecule has 2 rings (SSSR count). The number of terminal acetylenes is 1. The molecule has 4 atom stereocenters. The summed E-state index contributed by atoms with van der Waals surface area (Å²) in [7, 11) is 0. The number of nitrogens with one attached hydrogen (secondary N) is 1. The van der Waals surface area contributed by atoms with Crippen LogP contribution in [0.3, 0.4) is 0 Å². The Morgan fingerprint density at radius 1 is 1.50 bits per heavy atom. The van der Waals surface area contributed by atoms with E-state index in [1.807, 2.05) is 0 Å². The predicted molar refractivity (Wildman–Crippen MR) is 59.0 cm³/mol. The van der Waals surface area contributed by atoms with Crippen LogP contribution in [0.1, 0.15) is 26.2 Å². The average molecular weight is 192 g/mol. The molecule has 4 unspecified atom stereocenters. The minimum absolute atomic E-state index is 0.483. The van der Waals surface area contributed by atoms with Crippen molar-refractivity contribution >= 4 is 0 Å². The van der Waals surface area contributed by atoms with Crippen LogP contribution in [-0.4, -0.2) is 36.6 Å². The lowest BCUT2D eigenvalue weighted by molar-refractivity contribution is 0.212. The molecule has 1 N–H and O–H groups in total. The van der Waals surface area contributed by atoms with E-state index in [1.54, 1.807) is 0 Å². The van der Waals surface area contributed by atoms with Gasteiger partial charge in [-0.1, -0.05) is 0 Å². The van der Waals surface area contributed by atoms with Crippen molar-refractivity contribution in [1.82, 2.24) is 10.2 Å². The van der Waals surface area contributed by atoms with Crippen LogP contribution in [0.5, 0.6) is 0 Å². The Hall–Kier alpha value is -0.520. The van der Waals surface area contributed by atoms with E-state index in [4.69, 9.17) is 6.42 Å². The molecule has 0 spiro atoms. The third-order valence-corrected chi connectivity index (χ3v) is 3.56. The molecule has 0 saturated carbocycles. The largest absolute Gasteiger partial charge is 0.310 e. The molecule has 0 aromatic heterocycles. The Bertz CT molecular complexity index is 231. The van der Waals surface area contributed by atoms with E-state index in [9.17, 15) is 0 Å². The molecule has 14 heavy (non-hydrogen) atoms. The summed E-state index contributed by atoms with van der Waals surface area (Å²) in [5.74, 6) is 3.61. The smallest absolute Gasteiger partial charge is 0.0238 e. The number of hydrogen-bond acceptors (Lipinski definition) is 2. The second kappa shape index (κ2) is 4.33. The monoisotopic (exact) mass is 192 g/mol. The molecule has 2 aliphatic rings. The van der Waals surface area contributed by atoms with Gasteiger partial charge in [0.2, 0.25) is 0 Å². The van der Waals surface area contributed by atoms with E-state index < -0.39 is 0 Å². The maximum Gasteiger partial charge on any atom is 0.0238 e. The van der Waals surface area contributed by atoms with Crippen molar-refractivity contribution in [3.8, 4) is 12.3 Å². The SMILES string of the molecule is C#CCC(C)NC1CCN2CCC1C2. The summed E-state index contributed by atoms with van der Waals surface area (Å²) in [5.41, 5.74) is 0. The number of piperidine rings is 1. The van der Waals surface area contributed by atoms with Crippen molar-refractivity contribution in [2.45, 2.75) is 38.3 Å². The zero-order valence-electron chi connectivity index (χ0n) is 9.00. The summed E-state index contributed by atoms with van der Waals surface area (Å²) < 4.78 is 0. The van der Waals surface area contributed by atoms with Crippen molar-refractivity contribution in [2.24, 2.45) is 5.92 Å². The van der Waals surface area contributed by atoms with Crippen molar-refractivity contribution in [1.29, 1.82) is 0 Å². The highest BCUT2D eigenvalue weighted by molar-refractivity contribution is 4.94. The minimum Gasteiger partial charge on any atom is -0.310 e. The zero-order valence-corrected chi connectivity index (χ0v) is 9.00. The van der Waals surface area contributed by atoms with E-state index in [-0.39, 0.29) is 0 Å². The van der Waals surface area contributed by atoms with Crippen molar-refractivity contribution in [3.05, 3.63) is 0 Å². The number of fused-ring (bicyclic) bond motifs is 2. The Morgan fingerprint density at radius 3 is 3.07 bits per heavy atom. The first-order valence-corrected chi connectivity index (χ1v) is 5.71. The molecule has 78 valence electrons. The summed E-state index contributed by atoms with van der Waals surface area (Å²) in [6.07, 6.45) is 8.85. The van der Waals surface area contributed by atoms with Crippen LogP contribution in [0.25, 0.3) is 0 Å². The van der Waals surface area contributed by atoms with E-state index in [0.29, 0.717) is 6.04 Å². The Morgan fingerprint density at radius 2 is 2.29 bits per heavy atom. The third-order valence-electron chi connectivity index (χ3n) is 3.56. The van der Waals surface area contributed by atoms with Crippen LogP contribution in [-0.2, 0) is 0 Å². The number of hydrogen-bond donors (Lipinski definition) is 1. The van der Waals surface area contributed by atoms with Gasteiger partial charge in [-0.2, -0.15) is 0 Å². The molecule has 2 heterocycles. The lowest BCUT2D eigenvalue weighted by Gasteiger charge is -2.32. The van der Waals surface area contributed by atoms with Gasteiger partial charge in [-0.15, -0.1) is 12.3 Å². The van der Waals surface area contributed by atoms with E-state index >= 15 is 0 Å². The molecule has 2 bridgehead atoms. The fourth-order valence-electron chi connectivity index (χ4n) is 2.77. The van der Waals surface area contributed by atoms with E-state index in [2.05, 4.69) is 23.1 Å². The topological polar surface area (TPSA) is 15.3 Å². The predicted octanol–water partition coefficient (Wildman–Crippen LogP) is 1.08. The summed E-state index contributed by atoms with van der Waals surface area (Å²) in [5, 5.41) is 3.68. The van der Waals surface area contributed by atoms with Gasteiger partial charge in [0.05, 0.1) is 0 Å². The van der Waals surface area contributed by atoms with Crippen molar-refractivity contribution < 1.29 is 0 Å². The van der Waals surface area contributed by atoms with Crippen LogP contribution in [0.4, 0.5) is 0 Å². The first-order chi connectivity index (χ1) is 6.79. The molecule has 2 nitrogen and oxygen atoms in total. The van der Waals surface area contributed by atoms with Gasteiger partial charge in [-0.3, -0.25) is 0 Å². The fraction of sp³-hybridized carbons (Fsp3) is 0.833. The van der Waals surface area contributed by atoms with Gasteiger partial charge in [0, 0.05) is 25.0 Å². The van der Waals surface area contributed by atoms with Crippen LogP contribution in [0, 0.1) is 18.3 Å². The van der Waals surface area contributed by atoms with Crippen LogP contribution in [0.15, 0.2) is 0 Å². The second-order valence-electron chi connectivity index (χ2n) is 4.72. The Kier molecular flexibility index (Phi) is 3.10. The van der Waals surface area contributed by atoms with Gasteiger partial charge in [0.25, 0.3) is 0 Å². The molecule has 2 saturated heterocycles. The number of rotatable bonds is 3. The van der Waals surface area contributed by atoms with Gasteiger partial charge < -0.3 is 10.2 Å². The summed E-state index contributed by atoms with van der Waals surface area (Å²) in [6.45, 7) is 6.09. The zero-order chi connectivity index (χ0) is 9.97. The molecular formula is C12H20N2. The van der Waals surface area contributed by atoms with Crippen LogP contribution in [0.2, 0.25) is 0 Å². The Labute approximate surface area is 87.1 Å². The summed E-state index contributed by atoms with van der Waals surface area (Å²) >= 11 is 0. The third kappa shape index (κ3) is 2.10. The van der Waals surface area contributed by atoms with Gasteiger partial charge in [-0.05, 0) is 38.8 Å². The van der Waals surface area contributed by atoms with Gasteiger partial charge in [-0.25, -0.2) is 0 Å². The normalized spacial score (nSPS) is 37.9. The first kappa shape index (κ1) is 10.0. The lowest BCUT2D eigenvalue weighted by Crippen LogP contribution is -2.46. The summed E-state index contributed by atoms with van der Waals surface area (Å²) in [6, 6.07) is 1.20. The maximum absolute atomic E-state index is 5.31. The quantitative estimate of drug-likeness (QED) is 0.673. The van der Waals surface area contributed by atoms with Crippen molar-refractivity contribution in [2.75, 3.05) is 19.6 Å². The van der Waals surface area contributed by atoms with Gasteiger partial charge >= 0.3 is 0 Å². The molecular weight excluding hydrogens is 172 g/mol. The highest BCUT2D eigenvalue weighted by atomic mass is 15.2. The first-order valence-electron chi connectivity index (χ1n) is 5.71. The van der Waals surface area contributed by atoms with Crippen LogP contribution >= 0.6 is 0 Å². The lowest BCUT2D eigenvalue weighted by atomic mass is 9.93. The Balaban J connectivity index is 1.83. The highest BCUT2D eigenvalue weighted by Crippen LogP contribution is 2.27. The molecule has 0 amide bonds. The molecule has 0 radical (unpaired) electrons. The maximum atomic E-state index is 5.31. The average Bonchev–Trinajstić information content (AvgIpc) is 2.54. The fourth-order valence-corrected chi connectivity index (χ4v) is 2.77. The summed E-state index contributed by atoms with van der Waals surface area (Å²) in [4.78, 5) is 2.58. The minimum atomic E-state index is 0.483. The highest BCUT2D eigenvalue weighted by Gasteiger charge is 2.34. The van der Waals surface area contributed by atoms with Gasteiger partial charge in [0.1, 0.15) is 0 Å². The van der Waals surface area contributed by atoms with Gasteiger partial charge in [0.15, 0.2) is 0 Å². The number of nitrogens with zero attached hydrogens (tertiary/aromatic N) is 1. The molecule has 0 aromatic rings. The molecule has 2 aliphatic heterocycles. The van der Waals surface area contributed by atoms with E-state index in [0.717, 1.165) is 18.4 Å². The molecule has 0 aliphatic carbocycles. The molecule has 0 aromatic carbocycles. The molecule has 2 fully saturated rings.